The van der Waals surface area contributed by atoms with Crippen LogP contribution in [0.2, 0.25) is 0 Å². The van der Waals surface area contributed by atoms with Gasteiger partial charge in [-0.3, -0.25) is 0 Å². The van der Waals surface area contributed by atoms with Crippen LogP contribution in [0.5, 0.6) is 0 Å². The second-order valence-corrected chi connectivity index (χ2v) is 5.79. The first kappa shape index (κ1) is 17.8. The molecule has 0 amide bonds. The average Bonchev–Trinajstić information content (AvgIpc) is 2.51. The van der Waals surface area contributed by atoms with Crippen LogP contribution < -0.4 is 0 Å². The lowest BCUT2D eigenvalue weighted by atomic mass is 9.94. The fourth-order valence-electron chi connectivity index (χ4n) is 2.68. The van der Waals surface area contributed by atoms with Crippen molar-refractivity contribution in [3.8, 4) is 0 Å². The minimum Gasteiger partial charge on any atom is -0.218 e. The first-order valence-corrected chi connectivity index (χ1v) is 7.52. The van der Waals surface area contributed by atoms with Crippen molar-refractivity contribution in [1.29, 1.82) is 0 Å². The van der Waals surface area contributed by atoms with Gasteiger partial charge in [-0.1, -0.05) is 6.92 Å². The molecule has 1 aromatic rings. The van der Waals surface area contributed by atoms with Gasteiger partial charge in [-0.2, -0.15) is 31.4 Å². The molecule has 0 spiro atoms. The Bertz CT molecular complexity index is 820. The maximum atomic E-state index is 13.0. The van der Waals surface area contributed by atoms with Crippen LogP contribution in [0.15, 0.2) is 33.9 Å². The molecule has 0 saturated carbocycles. The van der Waals surface area contributed by atoms with Gasteiger partial charge in [-0.25, -0.2) is 10.0 Å². The summed E-state index contributed by atoms with van der Waals surface area (Å²) >= 11 is 5.93. The van der Waals surface area contributed by atoms with Gasteiger partial charge in [0, 0.05) is 12.0 Å². The van der Waals surface area contributed by atoms with Gasteiger partial charge in [-0.05, 0) is 41.8 Å². The van der Waals surface area contributed by atoms with E-state index >= 15 is 0 Å². The molecule has 1 aromatic carbocycles. The zero-order chi connectivity index (χ0) is 18.6. The van der Waals surface area contributed by atoms with Crippen LogP contribution in [0.25, 0.3) is 5.70 Å². The minimum absolute atomic E-state index is 0.0565. The minimum atomic E-state index is -4.67. The Morgan fingerprint density at radius 1 is 1.12 bits per heavy atom. The summed E-state index contributed by atoms with van der Waals surface area (Å²) in [4.78, 5) is 3.87. The summed E-state index contributed by atoms with van der Waals surface area (Å²) in [6, 6.07) is 2.84. The second kappa shape index (κ2) is 5.76. The number of aliphatic imine (C=N–C) groups is 1. The van der Waals surface area contributed by atoms with Crippen LogP contribution in [0.4, 0.5) is 32.0 Å². The standard InChI is InChI=1S/C15H10ClF6N3/c1-2-7-5-11(15(20,21)22)24-25-12(7)9-6-8(14(17,18)19)3-4-10(9)23-13(25)16/h3-4,6H,2,5H2,1H3. The molecular formula is C15H10ClF6N3. The molecule has 0 saturated heterocycles. The Hall–Kier alpha value is -2.03. The van der Waals surface area contributed by atoms with Crippen molar-refractivity contribution >= 4 is 34.0 Å². The fraction of sp³-hybridized carbons (Fsp3) is 0.333. The summed E-state index contributed by atoms with van der Waals surface area (Å²) in [5, 5.41) is 3.88. The van der Waals surface area contributed by atoms with Gasteiger partial charge in [0.1, 0.15) is 5.71 Å². The Morgan fingerprint density at radius 3 is 2.36 bits per heavy atom. The number of fused-ring (bicyclic) bond motifs is 3. The molecule has 0 N–H and O–H groups in total. The van der Waals surface area contributed by atoms with Crippen molar-refractivity contribution in [2.75, 3.05) is 0 Å². The molecule has 0 unspecified atom stereocenters. The Balaban J connectivity index is 2.21. The summed E-state index contributed by atoms with van der Waals surface area (Å²) in [6.07, 6.45) is -9.57. The van der Waals surface area contributed by atoms with Crippen LogP contribution in [0, 0.1) is 0 Å². The number of hydrogen-bond donors (Lipinski definition) is 0. The number of hydrazone groups is 1. The lowest BCUT2D eigenvalue weighted by Gasteiger charge is -2.33. The summed E-state index contributed by atoms with van der Waals surface area (Å²) < 4.78 is 78.1. The molecule has 3 rings (SSSR count). The van der Waals surface area contributed by atoms with Gasteiger partial charge in [0.2, 0.25) is 5.29 Å². The molecule has 10 heteroatoms. The summed E-state index contributed by atoms with van der Waals surface area (Å²) in [5.74, 6) is 0. The second-order valence-electron chi connectivity index (χ2n) is 5.45. The predicted molar refractivity (Wildman–Crippen MR) is 81.5 cm³/mol. The first-order chi connectivity index (χ1) is 11.5. The van der Waals surface area contributed by atoms with Crippen molar-refractivity contribution in [2.45, 2.75) is 32.1 Å². The molecule has 0 fully saturated rings. The summed E-state index contributed by atoms with van der Waals surface area (Å²) in [5.41, 5.74) is -1.38. The van der Waals surface area contributed by atoms with E-state index in [2.05, 4.69) is 10.1 Å². The third-order valence-corrected chi connectivity index (χ3v) is 4.11. The highest BCUT2D eigenvalue weighted by Crippen LogP contribution is 2.44. The van der Waals surface area contributed by atoms with E-state index in [-0.39, 0.29) is 34.2 Å². The van der Waals surface area contributed by atoms with Gasteiger partial charge in [0.25, 0.3) is 0 Å². The van der Waals surface area contributed by atoms with E-state index in [1.807, 2.05) is 0 Å². The number of alkyl halides is 6. The normalized spacial score (nSPS) is 17.8. The molecule has 0 bridgehead atoms. The number of rotatable bonds is 1. The zero-order valence-corrected chi connectivity index (χ0v) is 13.4. The fourth-order valence-corrected chi connectivity index (χ4v) is 2.89. The topological polar surface area (TPSA) is 28.0 Å². The van der Waals surface area contributed by atoms with Gasteiger partial charge in [0.05, 0.1) is 16.9 Å². The van der Waals surface area contributed by atoms with E-state index < -0.39 is 30.0 Å². The molecule has 0 aliphatic carbocycles. The predicted octanol–water partition coefficient (Wildman–Crippen LogP) is 5.69. The lowest BCUT2D eigenvalue weighted by molar-refractivity contribution is -0.137. The first-order valence-electron chi connectivity index (χ1n) is 7.15. The van der Waals surface area contributed by atoms with Crippen molar-refractivity contribution in [3.63, 3.8) is 0 Å². The molecule has 25 heavy (non-hydrogen) atoms. The number of amidine groups is 1. The number of hydrogen-bond acceptors (Lipinski definition) is 3. The van der Waals surface area contributed by atoms with E-state index in [1.165, 1.54) is 0 Å². The Kier molecular flexibility index (Phi) is 4.09. The lowest BCUT2D eigenvalue weighted by Crippen LogP contribution is -2.35. The summed E-state index contributed by atoms with van der Waals surface area (Å²) in [6.45, 7) is 1.62. The molecule has 0 radical (unpaired) electrons. The van der Waals surface area contributed by atoms with Crippen LogP contribution >= 0.6 is 11.6 Å². The van der Waals surface area contributed by atoms with Gasteiger partial charge in [0.15, 0.2) is 0 Å². The maximum absolute atomic E-state index is 13.0. The third kappa shape index (κ3) is 3.12. The van der Waals surface area contributed by atoms with Gasteiger partial charge in [-0.15, -0.1) is 0 Å². The smallest absolute Gasteiger partial charge is 0.218 e. The third-order valence-electron chi connectivity index (χ3n) is 3.87. The monoisotopic (exact) mass is 381 g/mol. The molecule has 0 aromatic heterocycles. The van der Waals surface area contributed by atoms with E-state index in [0.29, 0.717) is 0 Å². The average molecular weight is 382 g/mol. The highest BCUT2D eigenvalue weighted by molar-refractivity contribution is 6.65. The number of benzene rings is 1. The molecule has 134 valence electrons. The zero-order valence-electron chi connectivity index (χ0n) is 12.6. The van der Waals surface area contributed by atoms with Crippen LogP contribution in [0.1, 0.15) is 30.9 Å². The van der Waals surface area contributed by atoms with Gasteiger partial charge >= 0.3 is 12.4 Å². The number of halogens is 7. The van der Waals surface area contributed by atoms with E-state index in [4.69, 9.17) is 11.6 Å². The molecule has 0 atom stereocenters. The summed E-state index contributed by atoms with van der Waals surface area (Å²) in [7, 11) is 0. The number of nitrogens with zero attached hydrogens (tertiary/aromatic N) is 3. The Labute approximate surface area is 143 Å². The molecule has 2 aliphatic heterocycles. The van der Waals surface area contributed by atoms with Crippen LogP contribution in [-0.2, 0) is 6.18 Å². The van der Waals surface area contributed by atoms with Crippen LogP contribution in [0.3, 0.4) is 0 Å². The van der Waals surface area contributed by atoms with E-state index in [9.17, 15) is 26.3 Å². The number of allylic oxidation sites excluding steroid dienone is 1. The largest absolute Gasteiger partial charge is 0.431 e. The quantitative estimate of drug-likeness (QED) is 0.453. The molecular weight excluding hydrogens is 372 g/mol. The van der Waals surface area contributed by atoms with Crippen molar-refractivity contribution in [2.24, 2.45) is 10.1 Å². The highest BCUT2D eigenvalue weighted by atomic mass is 35.5. The molecule has 2 aliphatic rings. The van der Waals surface area contributed by atoms with Crippen molar-refractivity contribution in [1.82, 2.24) is 5.01 Å². The molecule has 3 nitrogen and oxygen atoms in total. The van der Waals surface area contributed by atoms with Gasteiger partial charge < -0.3 is 0 Å². The van der Waals surface area contributed by atoms with E-state index in [0.717, 1.165) is 23.2 Å². The van der Waals surface area contributed by atoms with Crippen molar-refractivity contribution < 1.29 is 26.3 Å². The Morgan fingerprint density at radius 2 is 1.80 bits per heavy atom. The van der Waals surface area contributed by atoms with Crippen LogP contribution in [-0.4, -0.2) is 22.2 Å². The molecule has 2 heterocycles. The highest BCUT2D eigenvalue weighted by Gasteiger charge is 2.42. The van der Waals surface area contributed by atoms with Crippen molar-refractivity contribution in [3.05, 3.63) is 34.9 Å². The maximum Gasteiger partial charge on any atom is 0.431 e. The van der Waals surface area contributed by atoms with E-state index in [1.54, 1.807) is 6.92 Å². The SMILES string of the molecule is CCC1=C2c3cc(C(F)(F)F)ccc3N=C(Cl)N2N=C(C(F)(F)F)C1.